The minimum Gasteiger partial charge on any atom is -0.444 e. The van der Waals surface area contributed by atoms with E-state index in [0.717, 1.165) is 57.9 Å². The molecule has 1 aliphatic heterocycles. The number of hydrogen-bond acceptors (Lipinski definition) is 5. The predicted molar refractivity (Wildman–Crippen MR) is 121 cm³/mol. The lowest BCUT2D eigenvalue weighted by atomic mass is 10.1. The van der Waals surface area contributed by atoms with Crippen molar-refractivity contribution in [3.63, 3.8) is 0 Å². The Hall–Kier alpha value is -1.54. The summed E-state index contributed by atoms with van der Waals surface area (Å²) in [6.07, 6.45) is 2.78. The van der Waals surface area contributed by atoms with E-state index in [0.29, 0.717) is 12.6 Å². The number of carbonyl (C=O) groups excluding carboxylic acids is 1. The van der Waals surface area contributed by atoms with Crippen molar-refractivity contribution in [3.8, 4) is 0 Å². The smallest absolute Gasteiger partial charge is 0.407 e. The zero-order valence-electron chi connectivity index (χ0n) is 19.7. The number of rotatable bonds is 9. The van der Waals surface area contributed by atoms with Crippen molar-refractivity contribution in [3.05, 3.63) is 0 Å². The van der Waals surface area contributed by atoms with E-state index in [1.165, 1.54) is 0 Å². The normalized spacial score (nSPS) is 20.2. The Morgan fingerprint density at radius 3 is 2.55 bits per heavy atom. The Morgan fingerprint density at radius 2 is 1.93 bits per heavy atom. The van der Waals surface area contributed by atoms with Crippen LogP contribution >= 0.6 is 0 Å². The molecule has 29 heavy (non-hydrogen) atoms. The molecule has 0 aliphatic carbocycles. The van der Waals surface area contributed by atoms with Gasteiger partial charge in [0.2, 0.25) is 0 Å². The fourth-order valence-electron chi connectivity index (χ4n) is 3.21. The van der Waals surface area contributed by atoms with Gasteiger partial charge in [0.1, 0.15) is 5.60 Å². The molecule has 0 spiro atoms. The van der Waals surface area contributed by atoms with Gasteiger partial charge in [-0.1, -0.05) is 19.8 Å². The fourth-order valence-corrected chi connectivity index (χ4v) is 3.21. The molecule has 8 nitrogen and oxygen atoms in total. The molecule has 170 valence electrons. The highest BCUT2D eigenvalue weighted by molar-refractivity contribution is 5.80. The number of alkyl carbamates (subject to hydrolysis) is 1. The molecular weight excluding hydrogens is 368 g/mol. The zero-order chi connectivity index (χ0) is 21.9. The maximum Gasteiger partial charge on any atom is 0.407 e. The number of nitrogens with zero attached hydrogens (tertiary/aromatic N) is 3. The van der Waals surface area contributed by atoms with Gasteiger partial charge in [0.25, 0.3) is 0 Å². The highest BCUT2D eigenvalue weighted by Gasteiger charge is 2.22. The summed E-state index contributed by atoms with van der Waals surface area (Å²) in [6, 6.07) is 0.519. The summed E-state index contributed by atoms with van der Waals surface area (Å²) in [5, 5.41) is 9.75. The first-order chi connectivity index (χ1) is 13.6. The maximum absolute atomic E-state index is 12.0. The molecule has 2 unspecified atom stereocenters. The minimum atomic E-state index is -0.494. The van der Waals surface area contributed by atoms with Gasteiger partial charge in [-0.25, -0.2) is 4.79 Å². The van der Waals surface area contributed by atoms with Crippen LogP contribution < -0.4 is 16.0 Å². The lowest BCUT2D eigenvalue weighted by Gasteiger charge is -2.37. The van der Waals surface area contributed by atoms with Crippen LogP contribution in [0.5, 0.6) is 0 Å². The van der Waals surface area contributed by atoms with Crippen molar-refractivity contribution in [1.29, 1.82) is 0 Å². The molecule has 3 N–H and O–H groups in total. The first-order valence-electron chi connectivity index (χ1n) is 11.0. The molecule has 1 rings (SSSR count). The van der Waals surface area contributed by atoms with Crippen LogP contribution in [0.3, 0.4) is 0 Å². The molecule has 2 atom stereocenters. The van der Waals surface area contributed by atoms with Crippen LogP contribution in [-0.2, 0) is 4.74 Å². The number of nitrogens with one attached hydrogen (secondary N) is 3. The molecule has 1 fully saturated rings. The van der Waals surface area contributed by atoms with Crippen LogP contribution in [0.15, 0.2) is 4.99 Å². The monoisotopic (exact) mass is 412 g/mol. The van der Waals surface area contributed by atoms with Crippen molar-refractivity contribution in [2.45, 2.75) is 71.6 Å². The fraction of sp³-hybridized carbons (Fsp3) is 0.905. The Kier molecular flexibility index (Phi) is 11.3. The van der Waals surface area contributed by atoms with E-state index in [1.807, 2.05) is 20.8 Å². The van der Waals surface area contributed by atoms with Gasteiger partial charge in [-0.15, -0.1) is 0 Å². The molecule has 1 saturated heterocycles. The summed E-state index contributed by atoms with van der Waals surface area (Å²) in [4.78, 5) is 21.6. The third-order valence-electron chi connectivity index (χ3n) is 4.92. The average molecular weight is 413 g/mol. The molecule has 0 radical (unpaired) electrons. The zero-order valence-corrected chi connectivity index (χ0v) is 19.7. The van der Waals surface area contributed by atoms with Crippen molar-refractivity contribution >= 4 is 12.1 Å². The lowest BCUT2D eigenvalue weighted by Crippen LogP contribution is -2.52. The second kappa shape index (κ2) is 12.9. The van der Waals surface area contributed by atoms with Gasteiger partial charge in [-0.05, 0) is 48.2 Å². The number of guanidine groups is 1. The topological polar surface area (TPSA) is 81.2 Å². The standard InChI is InChI=1S/C21H44N6O2/c1-8-10-11-17(14-24-20(28)29-21(3,4)5)25-19(22-9-2)23-15-18-16-26(6)12-13-27(18)7/h17-18H,8-16H2,1-7H3,(H,24,28)(H2,22,23,25). The van der Waals surface area contributed by atoms with Gasteiger partial charge in [-0.3, -0.25) is 9.89 Å². The molecule has 0 aromatic heterocycles. The maximum atomic E-state index is 12.0. The van der Waals surface area contributed by atoms with Crippen LogP contribution in [0.2, 0.25) is 0 Å². The number of piperazine rings is 1. The highest BCUT2D eigenvalue weighted by Crippen LogP contribution is 2.08. The molecule has 1 aliphatic rings. The van der Waals surface area contributed by atoms with E-state index >= 15 is 0 Å². The van der Waals surface area contributed by atoms with Crippen molar-refractivity contribution in [2.24, 2.45) is 4.99 Å². The van der Waals surface area contributed by atoms with Gasteiger partial charge in [0.15, 0.2) is 5.96 Å². The number of carbonyl (C=O) groups is 1. The van der Waals surface area contributed by atoms with Crippen molar-refractivity contribution in [2.75, 3.05) is 53.4 Å². The van der Waals surface area contributed by atoms with E-state index in [9.17, 15) is 4.79 Å². The quantitative estimate of drug-likeness (QED) is 0.396. The predicted octanol–water partition coefficient (Wildman–Crippen LogP) is 1.87. The Morgan fingerprint density at radius 1 is 1.21 bits per heavy atom. The Bertz CT molecular complexity index is 506. The van der Waals surface area contributed by atoms with E-state index in [2.05, 4.69) is 53.7 Å². The molecular formula is C21H44N6O2. The van der Waals surface area contributed by atoms with Crippen LogP contribution in [0, 0.1) is 0 Å². The molecule has 0 bridgehead atoms. The molecule has 0 saturated carbocycles. The van der Waals surface area contributed by atoms with Gasteiger partial charge in [-0.2, -0.15) is 0 Å². The SMILES string of the molecule is CCCCC(CNC(=O)OC(C)(C)C)NC(=NCC1CN(C)CCN1C)NCC. The van der Waals surface area contributed by atoms with Gasteiger partial charge < -0.3 is 25.6 Å². The van der Waals surface area contributed by atoms with E-state index < -0.39 is 5.60 Å². The summed E-state index contributed by atoms with van der Waals surface area (Å²) in [6.45, 7) is 15.1. The number of amides is 1. The Balaban J connectivity index is 2.68. The summed E-state index contributed by atoms with van der Waals surface area (Å²) in [5.74, 6) is 0.807. The number of likely N-dealkylation sites (N-methyl/N-ethyl adjacent to an activating group) is 2. The first kappa shape index (κ1) is 25.5. The van der Waals surface area contributed by atoms with E-state index in [1.54, 1.807) is 0 Å². The summed E-state index contributed by atoms with van der Waals surface area (Å²) < 4.78 is 5.36. The van der Waals surface area contributed by atoms with Crippen LogP contribution in [0.25, 0.3) is 0 Å². The number of hydrogen-bond donors (Lipinski definition) is 3. The molecule has 0 aromatic rings. The number of aliphatic imine (C=N–C) groups is 1. The van der Waals surface area contributed by atoms with Crippen LogP contribution in [-0.4, -0.2) is 92.9 Å². The Labute approximate surface area is 177 Å². The number of ether oxygens (including phenoxy) is 1. The van der Waals surface area contributed by atoms with E-state index in [4.69, 9.17) is 9.73 Å². The number of unbranched alkanes of at least 4 members (excludes halogenated alkanes) is 1. The highest BCUT2D eigenvalue weighted by atomic mass is 16.6. The van der Waals surface area contributed by atoms with Gasteiger partial charge in [0, 0.05) is 44.8 Å². The summed E-state index contributed by atoms with van der Waals surface area (Å²) >= 11 is 0. The molecule has 1 amide bonds. The molecule has 1 heterocycles. The third kappa shape index (κ3) is 11.3. The lowest BCUT2D eigenvalue weighted by molar-refractivity contribution is 0.0522. The van der Waals surface area contributed by atoms with E-state index in [-0.39, 0.29) is 12.1 Å². The molecule has 8 heteroatoms. The van der Waals surface area contributed by atoms with Gasteiger partial charge >= 0.3 is 6.09 Å². The second-order valence-electron chi connectivity index (χ2n) is 8.98. The summed E-state index contributed by atoms with van der Waals surface area (Å²) in [5.41, 5.74) is -0.494. The van der Waals surface area contributed by atoms with Gasteiger partial charge in [0.05, 0.1) is 6.54 Å². The molecule has 0 aromatic carbocycles. The third-order valence-corrected chi connectivity index (χ3v) is 4.92. The minimum absolute atomic E-state index is 0.104. The van der Waals surface area contributed by atoms with Crippen LogP contribution in [0.1, 0.15) is 53.9 Å². The van der Waals surface area contributed by atoms with Crippen LogP contribution in [0.4, 0.5) is 4.79 Å². The first-order valence-corrected chi connectivity index (χ1v) is 11.0. The van der Waals surface area contributed by atoms with Crippen molar-refractivity contribution in [1.82, 2.24) is 25.8 Å². The average Bonchev–Trinajstić information content (AvgIpc) is 2.63. The largest absolute Gasteiger partial charge is 0.444 e. The summed E-state index contributed by atoms with van der Waals surface area (Å²) in [7, 11) is 4.33. The van der Waals surface area contributed by atoms with Crippen molar-refractivity contribution < 1.29 is 9.53 Å². The second-order valence-corrected chi connectivity index (χ2v) is 8.98.